The fraction of sp³-hybridized carbons (Fsp3) is 0.800. The molecule has 0 aliphatic rings. The minimum absolute atomic E-state index is 0. The van der Waals surface area contributed by atoms with Crippen LogP contribution in [0.3, 0.4) is 0 Å². The van der Waals surface area contributed by atoms with Gasteiger partial charge in [-0.1, -0.05) is 13.8 Å². The summed E-state index contributed by atoms with van der Waals surface area (Å²) in [5.41, 5.74) is 0. The van der Waals surface area contributed by atoms with Gasteiger partial charge >= 0.3 is 0 Å². The molecule has 0 radical (unpaired) electrons. The van der Waals surface area contributed by atoms with Gasteiger partial charge in [0, 0.05) is 26.7 Å². The molecule has 0 saturated heterocycles. The first-order valence-corrected chi connectivity index (χ1v) is 8.02. The summed E-state index contributed by atoms with van der Waals surface area (Å²) < 4.78 is 1.86. The predicted octanol–water partition coefficient (Wildman–Crippen LogP) is 1.53. The average Bonchev–Trinajstić information content (AvgIpc) is 2.87. The number of hydrogen-bond acceptors (Lipinski definition) is 4. The van der Waals surface area contributed by atoms with E-state index in [4.69, 9.17) is 0 Å². The van der Waals surface area contributed by atoms with Gasteiger partial charge in [0.2, 0.25) is 0 Å². The molecule has 0 aliphatic heterocycles. The van der Waals surface area contributed by atoms with Crippen LogP contribution >= 0.6 is 24.0 Å². The molecule has 134 valence electrons. The Morgan fingerprint density at radius 3 is 2.65 bits per heavy atom. The lowest BCUT2D eigenvalue weighted by atomic mass is 9.94. The van der Waals surface area contributed by atoms with Crippen LogP contribution in [0.15, 0.2) is 11.3 Å². The van der Waals surface area contributed by atoms with Crippen molar-refractivity contribution in [1.82, 2.24) is 25.4 Å². The molecule has 0 bridgehead atoms. The van der Waals surface area contributed by atoms with Crippen molar-refractivity contribution < 1.29 is 5.11 Å². The number of hydrogen-bond donors (Lipinski definition) is 3. The zero-order valence-electron chi connectivity index (χ0n) is 14.6. The highest BCUT2D eigenvalue weighted by Gasteiger charge is 2.11. The Morgan fingerprint density at radius 1 is 1.39 bits per heavy atom. The molecule has 0 amide bonds. The van der Waals surface area contributed by atoms with Crippen molar-refractivity contribution in [3.05, 3.63) is 12.2 Å². The largest absolute Gasteiger partial charge is 0.396 e. The molecule has 0 fully saturated rings. The van der Waals surface area contributed by atoms with Crippen LogP contribution in [0.2, 0.25) is 0 Å². The van der Waals surface area contributed by atoms with E-state index in [1.54, 1.807) is 6.33 Å². The first-order chi connectivity index (χ1) is 10.6. The van der Waals surface area contributed by atoms with E-state index in [9.17, 15) is 5.11 Å². The van der Waals surface area contributed by atoms with Crippen molar-refractivity contribution in [1.29, 1.82) is 0 Å². The van der Waals surface area contributed by atoms with Crippen LogP contribution in [0.25, 0.3) is 0 Å². The lowest BCUT2D eigenvalue weighted by molar-refractivity contribution is 0.243. The molecule has 23 heavy (non-hydrogen) atoms. The number of guanidine groups is 1. The normalized spacial score (nSPS) is 12.9. The summed E-state index contributed by atoms with van der Waals surface area (Å²) in [7, 11) is 1.91. The summed E-state index contributed by atoms with van der Waals surface area (Å²) in [6.07, 6.45) is 3.58. The zero-order valence-corrected chi connectivity index (χ0v) is 16.9. The molecular formula is C15H31IN6O. The third kappa shape index (κ3) is 9.09. The number of nitrogens with one attached hydrogen (secondary N) is 2. The van der Waals surface area contributed by atoms with E-state index in [2.05, 4.69) is 39.7 Å². The second kappa shape index (κ2) is 12.5. The Labute approximate surface area is 156 Å². The van der Waals surface area contributed by atoms with Crippen LogP contribution in [0.1, 0.15) is 39.4 Å². The van der Waals surface area contributed by atoms with Crippen molar-refractivity contribution in [3.8, 4) is 0 Å². The summed E-state index contributed by atoms with van der Waals surface area (Å²) in [6.45, 7) is 8.78. The van der Waals surface area contributed by atoms with Gasteiger partial charge in [-0.05, 0) is 31.6 Å². The Hall–Kier alpha value is -0.900. The summed E-state index contributed by atoms with van der Waals surface area (Å²) in [5.74, 6) is 2.67. The number of aliphatic imine (C=N–C) groups is 1. The van der Waals surface area contributed by atoms with Crippen LogP contribution in [0.4, 0.5) is 0 Å². The van der Waals surface area contributed by atoms with Crippen LogP contribution in [-0.2, 0) is 13.6 Å². The second-order valence-corrected chi connectivity index (χ2v) is 5.94. The first-order valence-electron chi connectivity index (χ1n) is 8.02. The number of aliphatic hydroxyl groups excluding tert-OH is 1. The molecule has 0 saturated carbocycles. The number of aryl methyl sites for hydroxylation is 1. The van der Waals surface area contributed by atoms with E-state index < -0.39 is 0 Å². The molecule has 3 N–H and O–H groups in total. The maximum Gasteiger partial charge on any atom is 0.191 e. The number of aliphatic hydroxyl groups is 1. The molecule has 8 heteroatoms. The minimum Gasteiger partial charge on any atom is -0.396 e. The van der Waals surface area contributed by atoms with Crippen LogP contribution < -0.4 is 10.6 Å². The first kappa shape index (κ1) is 22.1. The van der Waals surface area contributed by atoms with Crippen molar-refractivity contribution in [3.63, 3.8) is 0 Å². The Morgan fingerprint density at radius 2 is 2.13 bits per heavy atom. The third-order valence-electron chi connectivity index (χ3n) is 3.43. The maximum atomic E-state index is 9.19. The smallest absolute Gasteiger partial charge is 0.191 e. The molecule has 7 nitrogen and oxygen atoms in total. The van der Waals surface area contributed by atoms with Crippen molar-refractivity contribution in [2.75, 3.05) is 19.7 Å². The molecule has 1 heterocycles. The lowest BCUT2D eigenvalue weighted by Gasteiger charge is -2.20. The van der Waals surface area contributed by atoms with Gasteiger partial charge in [0.25, 0.3) is 0 Å². The molecule has 0 aliphatic carbocycles. The quantitative estimate of drug-likeness (QED) is 0.309. The zero-order chi connectivity index (χ0) is 16.4. The van der Waals surface area contributed by atoms with Gasteiger partial charge in [0.05, 0.1) is 0 Å². The summed E-state index contributed by atoms with van der Waals surface area (Å²) in [5, 5.41) is 23.7. The topological polar surface area (TPSA) is 87.4 Å². The molecule has 0 aromatic carbocycles. The standard InChI is InChI=1S/C15H30N6O.HI/c1-5-16-15(18-10-14-20-19-11-21(14)4)17-9-13(6-7-22)8-12(2)3;/h11-13,22H,5-10H2,1-4H3,(H2,16,17,18);1H. The Kier molecular flexibility index (Phi) is 12.0. The molecule has 1 unspecified atom stereocenters. The van der Waals surface area contributed by atoms with E-state index in [1.165, 1.54) is 0 Å². The number of rotatable bonds is 9. The Bertz CT molecular complexity index is 449. The van der Waals surface area contributed by atoms with Crippen LogP contribution in [0.5, 0.6) is 0 Å². The van der Waals surface area contributed by atoms with Gasteiger partial charge in [-0.25, -0.2) is 4.99 Å². The van der Waals surface area contributed by atoms with Gasteiger partial charge in [-0.2, -0.15) is 0 Å². The number of halogens is 1. The maximum absolute atomic E-state index is 9.19. The van der Waals surface area contributed by atoms with Crippen LogP contribution in [0, 0.1) is 11.8 Å². The lowest BCUT2D eigenvalue weighted by Crippen LogP contribution is -2.40. The SMILES string of the molecule is CCNC(=NCc1nncn1C)NCC(CCO)CC(C)C.I. The van der Waals surface area contributed by atoms with E-state index in [1.807, 2.05) is 18.5 Å². The number of aromatic nitrogens is 3. The highest BCUT2D eigenvalue weighted by atomic mass is 127. The van der Waals surface area contributed by atoms with E-state index in [-0.39, 0.29) is 30.6 Å². The molecular weight excluding hydrogens is 407 g/mol. The fourth-order valence-corrected chi connectivity index (χ4v) is 2.34. The third-order valence-corrected chi connectivity index (χ3v) is 3.43. The van der Waals surface area contributed by atoms with Crippen molar-refractivity contribution in [2.45, 2.75) is 40.2 Å². The molecule has 1 aromatic heterocycles. The fourth-order valence-electron chi connectivity index (χ4n) is 2.34. The van der Waals surface area contributed by atoms with Gasteiger partial charge in [-0.3, -0.25) is 0 Å². The highest BCUT2D eigenvalue weighted by Crippen LogP contribution is 2.14. The van der Waals surface area contributed by atoms with Crippen molar-refractivity contribution >= 4 is 29.9 Å². The molecule has 1 aromatic rings. The number of nitrogens with zero attached hydrogens (tertiary/aromatic N) is 4. The van der Waals surface area contributed by atoms with Crippen LogP contribution in [-0.4, -0.2) is 45.5 Å². The predicted molar refractivity (Wildman–Crippen MR) is 104 cm³/mol. The average molecular weight is 438 g/mol. The van der Waals surface area contributed by atoms with Gasteiger partial charge in [0.15, 0.2) is 11.8 Å². The van der Waals surface area contributed by atoms with Crippen molar-refractivity contribution in [2.24, 2.45) is 23.9 Å². The second-order valence-electron chi connectivity index (χ2n) is 5.94. The summed E-state index contributed by atoms with van der Waals surface area (Å²) in [4.78, 5) is 4.54. The summed E-state index contributed by atoms with van der Waals surface area (Å²) >= 11 is 0. The molecule has 1 atom stereocenters. The van der Waals surface area contributed by atoms with E-state index in [0.717, 1.165) is 37.7 Å². The molecule has 1 rings (SSSR count). The Balaban J connectivity index is 0.00000484. The molecule has 0 spiro atoms. The highest BCUT2D eigenvalue weighted by molar-refractivity contribution is 14.0. The van der Waals surface area contributed by atoms with Gasteiger partial charge < -0.3 is 20.3 Å². The van der Waals surface area contributed by atoms with Gasteiger partial charge in [0.1, 0.15) is 12.9 Å². The van der Waals surface area contributed by atoms with E-state index in [0.29, 0.717) is 18.4 Å². The van der Waals surface area contributed by atoms with E-state index >= 15 is 0 Å². The summed E-state index contributed by atoms with van der Waals surface area (Å²) in [6, 6.07) is 0. The van der Waals surface area contributed by atoms with Gasteiger partial charge in [-0.15, -0.1) is 34.2 Å². The minimum atomic E-state index is 0. The monoisotopic (exact) mass is 438 g/mol.